The third-order valence-corrected chi connectivity index (χ3v) is 4.69. The molecular formula is C22H18F6N4O3. The van der Waals surface area contributed by atoms with Crippen molar-refractivity contribution in [2.45, 2.75) is 32.4 Å². The van der Waals surface area contributed by atoms with E-state index in [9.17, 15) is 35.9 Å². The van der Waals surface area contributed by atoms with Gasteiger partial charge in [0.2, 0.25) is 0 Å². The predicted octanol–water partition coefficient (Wildman–Crippen LogP) is 5.41. The Labute approximate surface area is 194 Å². The molecule has 2 aromatic heterocycles. The largest absolute Gasteiger partial charge is 0.457 e. The number of alkyl halides is 6. The fraction of sp³-hybridized carbons (Fsp3) is 0.227. The molecule has 0 spiro atoms. The summed E-state index contributed by atoms with van der Waals surface area (Å²) in [5, 5.41) is 4.50. The summed E-state index contributed by atoms with van der Waals surface area (Å²) in [6, 6.07) is 6.40. The highest BCUT2D eigenvalue weighted by molar-refractivity contribution is 5.89. The number of halogens is 6. The Kier molecular flexibility index (Phi) is 7.37. The standard InChI is InChI=1S/C22H18F6N4O3/c1-2-32-12-14(21(23,24)25)9-17(19(32)33)31-20(34)30-10-13-3-5-15(6-4-13)35-18-7-8-29-11-16(18)22(26,27)28/h3-9,11-12H,2,10H2,1H3,(H2,30,31,34). The van der Waals surface area contributed by atoms with Crippen LogP contribution in [0.5, 0.6) is 11.5 Å². The highest BCUT2D eigenvalue weighted by atomic mass is 19.4. The molecule has 0 aliphatic heterocycles. The summed E-state index contributed by atoms with van der Waals surface area (Å²) in [4.78, 5) is 27.8. The average molecular weight is 500 g/mol. The third-order valence-electron chi connectivity index (χ3n) is 4.69. The van der Waals surface area contributed by atoms with Gasteiger partial charge in [-0.3, -0.25) is 9.78 Å². The zero-order valence-corrected chi connectivity index (χ0v) is 18.0. The number of pyridine rings is 2. The number of carbonyl (C=O) groups excluding carboxylic acids is 1. The Balaban J connectivity index is 1.65. The van der Waals surface area contributed by atoms with Gasteiger partial charge in [-0.1, -0.05) is 12.1 Å². The minimum atomic E-state index is -4.71. The van der Waals surface area contributed by atoms with Crippen LogP contribution in [0.25, 0.3) is 0 Å². The molecule has 35 heavy (non-hydrogen) atoms. The number of urea groups is 1. The molecule has 3 aromatic rings. The van der Waals surface area contributed by atoms with Crippen LogP contribution in [-0.4, -0.2) is 15.6 Å². The van der Waals surface area contributed by atoms with Crippen LogP contribution in [0, 0.1) is 0 Å². The summed E-state index contributed by atoms with van der Waals surface area (Å²) in [5.74, 6) is -0.337. The lowest BCUT2D eigenvalue weighted by molar-refractivity contribution is -0.139. The molecular weight excluding hydrogens is 482 g/mol. The van der Waals surface area contributed by atoms with Gasteiger partial charge in [0, 0.05) is 31.7 Å². The number of aryl methyl sites for hydroxylation is 1. The lowest BCUT2D eigenvalue weighted by Crippen LogP contribution is -2.33. The second-order valence-electron chi connectivity index (χ2n) is 7.15. The number of ether oxygens (including phenoxy) is 1. The molecule has 0 atom stereocenters. The van der Waals surface area contributed by atoms with Crippen LogP contribution >= 0.6 is 0 Å². The van der Waals surface area contributed by atoms with E-state index in [1.165, 1.54) is 31.2 Å². The second kappa shape index (κ2) is 10.1. The summed E-state index contributed by atoms with van der Waals surface area (Å²) >= 11 is 0. The third kappa shape index (κ3) is 6.52. The molecule has 7 nitrogen and oxygen atoms in total. The van der Waals surface area contributed by atoms with Gasteiger partial charge in [-0.2, -0.15) is 26.3 Å². The van der Waals surface area contributed by atoms with Crippen molar-refractivity contribution in [2.24, 2.45) is 0 Å². The monoisotopic (exact) mass is 500 g/mol. The molecule has 0 saturated heterocycles. The maximum atomic E-state index is 13.1. The molecule has 3 rings (SSSR count). The number of nitrogens with one attached hydrogen (secondary N) is 2. The molecule has 13 heteroatoms. The summed E-state index contributed by atoms with van der Waals surface area (Å²) in [6.07, 6.45) is -6.90. The minimum Gasteiger partial charge on any atom is -0.457 e. The first kappa shape index (κ1) is 25.6. The first-order chi connectivity index (χ1) is 16.4. The molecule has 2 heterocycles. The van der Waals surface area contributed by atoms with Gasteiger partial charge in [0.25, 0.3) is 5.56 Å². The lowest BCUT2D eigenvalue weighted by Gasteiger charge is -2.14. The van der Waals surface area contributed by atoms with Gasteiger partial charge in [0.1, 0.15) is 22.7 Å². The van der Waals surface area contributed by atoms with Gasteiger partial charge in [-0.25, -0.2) is 4.79 Å². The van der Waals surface area contributed by atoms with E-state index in [0.29, 0.717) is 24.0 Å². The Bertz CT molecular complexity index is 1250. The normalized spacial score (nSPS) is 11.7. The number of carbonyl (C=O) groups is 1. The van der Waals surface area contributed by atoms with Crippen molar-refractivity contribution in [3.05, 3.63) is 82.0 Å². The SMILES string of the molecule is CCn1cc(C(F)(F)F)cc(NC(=O)NCc2ccc(Oc3ccncc3C(F)(F)F)cc2)c1=O. The van der Waals surface area contributed by atoms with Crippen molar-refractivity contribution in [1.82, 2.24) is 14.9 Å². The molecule has 0 unspecified atom stereocenters. The Morgan fingerprint density at radius 1 is 1.06 bits per heavy atom. The van der Waals surface area contributed by atoms with Crippen molar-refractivity contribution in [3.63, 3.8) is 0 Å². The van der Waals surface area contributed by atoms with Crippen LogP contribution in [0.4, 0.5) is 36.8 Å². The second-order valence-corrected chi connectivity index (χ2v) is 7.15. The molecule has 0 bridgehead atoms. The van der Waals surface area contributed by atoms with Gasteiger partial charge in [-0.05, 0) is 36.8 Å². The van der Waals surface area contributed by atoms with Gasteiger partial charge in [-0.15, -0.1) is 0 Å². The van der Waals surface area contributed by atoms with Crippen LogP contribution in [0.2, 0.25) is 0 Å². The lowest BCUT2D eigenvalue weighted by atomic mass is 10.2. The van der Waals surface area contributed by atoms with E-state index in [4.69, 9.17) is 4.74 Å². The maximum absolute atomic E-state index is 13.1. The Hall–Kier alpha value is -4.03. The fourth-order valence-electron chi connectivity index (χ4n) is 2.95. The van der Waals surface area contributed by atoms with E-state index in [1.54, 1.807) is 0 Å². The van der Waals surface area contributed by atoms with Crippen molar-refractivity contribution in [1.29, 1.82) is 0 Å². The number of rotatable bonds is 6. The molecule has 0 aliphatic carbocycles. The van der Waals surface area contributed by atoms with Crippen LogP contribution in [0.15, 0.2) is 59.8 Å². The topological polar surface area (TPSA) is 85.2 Å². The molecule has 0 aliphatic rings. The van der Waals surface area contributed by atoms with E-state index in [1.807, 2.05) is 0 Å². The number of amides is 2. The summed E-state index contributed by atoms with van der Waals surface area (Å²) in [6.45, 7) is 1.37. The summed E-state index contributed by atoms with van der Waals surface area (Å²) < 4.78 is 84.4. The number of nitrogens with zero attached hydrogens (tertiary/aromatic N) is 2. The number of aromatic nitrogens is 2. The first-order valence-corrected chi connectivity index (χ1v) is 10.0. The van der Waals surface area contributed by atoms with Crippen LogP contribution in [0.3, 0.4) is 0 Å². The summed E-state index contributed by atoms with van der Waals surface area (Å²) in [7, 11) is 0. The molecule has 0 fully saturated rings. The van der Waals surface area contributed by atoms with Gasteiger partial charge < -0.3 is 19.9 Å². The van der Waals surface area contributed by atoms with Crippen LogP contribution < -0.4 is 20.9 Å². The highest BCUT2D eigenvalue weighted by Crippen LogP contribution is 2.37. The Morgan fingerprint density at radius 3 is 2.34 bits per heavy atom. The molecule has 1 aromatic carbocycles. The minimum absolute atomic E-state index is 0.0303. The fourth-order valence-corrected chi connectivity index (χ4v) is 2.95. The zero-order chi connectivity index (χ0) is 25.8. The molecule has 2 amide bonds. The Morgan fingerprint density at radius 2 is 1.74 bits per heavy atom. The van der Waals surface area contributed by atoms with Crippen molar-refractivity contribution < 1.29 is 35.9 Å². The van der Waals surface area contributed by atoms with E-state index in [2.05, 4.69) is 15.6 Å². The van der Waals surface area contributed by atoms with Crippen LogP contribution in [-0.2, 0) is 25.4 Å². The molecule has 0 radical (unpaired) electrons. The van der Waals surface area contributed by atoms with E-state index < -0.39 is 46.5 Å². The molecule has 2 N–H and O–H groups in total. The van der Waals surface area contributed by atoms with E-state index >= 15 is 0 Å². The first-order valence-electron chi connectivity index (χ1n) is 10.0. The summed E-state index contributed by atoms with van der Waals surface area (Å²) in [5.41, 5.74) is -2.97. The van der Waals surface area contributed by atoms with E-state index in [-0.39, 0.29) is 18.8 Å². The van der Waals surface area contributed by atoms with E-state index in [0.717, 1.165) is 16.8 Å². The zero-order valence-electron chi connectivity index (χ0n) is 18.0. The molecule has 186 valence electrons. The molecule has 0 saturated carbocycles. The van der Waals surface area contributed by atoms with Crippen molar-refractivity contribution in [2.75, 3.05) is 5.32 Å². The highest BCUT2D eigenvalue weighted by Gasteiger charge is 2.35. The number of hydrogen-bond donors (Lipinski definition) is 2. The number of hydrogen-bond acceptors (Lipinski definition) is 4. The van der Waals surface area contributed by atoms with Crippen molar-refractivity contribution >= 4 is 11.7 Å². The van der Waals surface area contributed by atoms with Crippen LogP contribution in [0.1, 0.15) is 23.6 Å². The van der Waals surface area contributed by atoms with Gasteiger partial charge in [0.05, 0.1) is 5.56 Å². The number of anilines is 1. The maximum Gasteiger partial charge on any atom is 0.421 e. The van der Waals surface area contributed by atoms with Gasteiger partial charge >= 0.3 is 18.4 Å². The van der Waals surface area contributed by atoms with Crippen molar-refractivity contribution in [3.8, 4) is 11.5 Å². The van der Waals surface area contributed by atoms with Gasteiger partial charge in [0.15, 0.2) is 0 Å². The number of benzene rings is 1. The quantitative estimate of drug-likeness (QED) is 0.443. The average Bonchev–Trinajstić information content (AvgIpc) is 2.79. The smallest absolute Gasteiger partial charge is 0.421 e. The predicted molar refractivity (Wildman–Crippen MR) is 113 cm³/mol.